The van der Waals surface area contributed by atoms with E-state index >= 15 is 0 Å². The van der Waals surface area contributed by atoms with Crippen LogP contribution in [0.2, 0.25) is 0 Å². The van der Waals surface area contributed by atoms with Crippen LogP contribution in [-0.2, 0) is 9.84 Å². The number of rotatable bonds is 7. The predicted molar refractivity (Wildman–Crippen MR) is 74.3 cm³/mol. The number of hydrogen-bond acceptors (Lipinski definition) is 3. The van der Waals surface area contributed by atoms with Gasteiger partial charge in [0.2, 0.25) is 0 Å². The molecular formula is C12H17BF3O3S-. The monoisotopic (exact) mass is 309 g/mol. The van der Waals surface area contributed by atoms with E-state index in [1.807, 2.05) is 0 Å². The lowest BCUT2D eigenvalue weighted by Gasteiger charge is -2.20. The van der Waals surface area contributed by atoms with Gasteiger partial charge in [-0.25, -0.2) is 8.42 Å². The first-order chi connectivity index (χ1) is 9.15. The van der Waals surface area contributed by atoms with E-state index in [0.29, 0.717) is 5.56 Å². The highest BCUT2D eigenvalue weighted by Gasteiger charge is 2.29. The van der Waals surface area contributed by atoms with Crippen LogP contribution in [0.15, 0.2) is 18.2 Å². The van der Waals surface area contributed by atoms with E-state index in [1.54, 1.807) is 6.92 Å². The molecule has 0 saturated carbocycles. The SMILES string of the molecule is CCS(=O)(=O)CCCOc1ccc(C)cc1[B-](F)(F)F. The fourth-order valence-electron chi connectivity index (χ4n) is 1.66. The van der Waals surface area contributed by atoms with Crippen LogP contribution in [-0.4, -0.2) is 33.5 Å². The van der Waals surface area contributed by atoms with Gasteiger partial charge in [0.15, 0.2) is 0 Å². The summed E-state index contributed by atoms with van der Waals surface area (Å²) in [6, 6.07) is 3.84. The van der Waals surface area contributed by atoms with Crippen molar-refractivity contribution in [3.63, 3.8) is 0 Å². The van der Waals surface area contributed by atoms with Crippen molar-refractivity contribution in [1.29, 1.82) is 0 Å². The summed E-state index contributed by atoms with van der Waals surface area (Å²) in [5.41, 5.74) is -0.275. The van der Waals surface area contributed by atoms with E-state index in [1.165, 1.54) is 19.1 Å². The average molecular weight is 309 g/mol. The molecule has 0 atom stereocenters. The number of sulfone groups is 1. The molecule has 114 valence electrons. The van der Waals surface area contributed by atoms with Crippen molar-refractivity contribution in [2.24, 2.45) is 0 Å². The molecule has 0 unspecified atom stereocenters. The van der Waals surface area contributed by atoms with Crippen LogP contribution in [0.4, 0.5) is 12.9 Å². The van der Waals surface area contributed by atoms with Crippen LogP contribution in [0.1, 0.15) is 18.9 Å². The molecule has 0 aliphatic heterocycles. The molecular weight excluding hydrogens is 292 g/mol. The maximum absolute atomic E-state index is 12.9. The molecule has 1 aromatic rings. The molecule has 0 aliphatic carbocycles. The van der Waals surface area contributed by atoms with Gasteiger partial charge in [-0.05, 0) is 19.4 Å². The third-order valence-corrected chi connectivity index (χ3v) is 4.61. The van der Waals surface area contributed by atoms with Gasteiger partial charge in [-0.2, -0.15) is 0 Å². The van der Waals surface area contributed by atoms with E-state index in [0.717, 1.165) is 6.07 Å². The normalized spacial score (nSPS) is 12.4. The summed E-state index contributed by atoms with van der Waals surface area (Å²) < 4.78 is 66.2. The van der Waals surface area contributed by atoms with Gasteiger partial charge in [0.25, 0.3) is 0 Å². The molecule has 0 saturated heterocycles. The first-order valence-corrected chi connectivity index (χ1v) is 8.11. The maximum atomic E-state index is 12.9. The van der Waals surface area contributed by atoms with Crippen LogP contribution >= 0.6 is 0 Å². The maximum Gasteiger partial charge on any atom is 0.513 e. The number of halogens is 3. The molecule has 1 rings (SSSR count). The molecule has 0 fully saturated rings. The second-order valence-corrected chi connectivity index (χ2v) is 7.03. The Morgan fingerprint density at radius 3 is 2.45 bits per heavy atom. The quantitative estimate of drug-likeness (QED) is 0.573. The number of aryl methyl sites for hydroxylation is 1. The zero-order valence-corrected chi connectivity index (χ0v) is 12.2. The fourth-order valence-corrected chi connectivity index (χ4v) is 2.51. The van der Waals surface area contributed by atoms with Crippen molar-refractivity contribution in [2.75, 3.05) is 18.1 Å². The van der Waals surface area contributed by atoms with Crippen LogP contribution in [0.3, 0.4) is 0 Å². The molecule has 0 heterocycles. The molecule has 0 bridgehead atoms. The summed E-state index contributed by atoms with van der Waals surface area (Å²) in [7, 11) is -3.12. The minimum Gasteiger partial charge on any atom is -0.497 e. The van der Waals surface area contributed by atoms with Crippen LogP contribution in [0, 0.1) is 6.92 Å². The van der Waals surface area contributed by atoms with Gasteiger partial charge in [0.1, 0.15) is 9.84 Å². The highest BCUT2D eigenvalue weighted by molar-refractivity contribution is 7.91. The lowest BCUT2D eigenvalue weighted by molar-refractivity contribution is 0.318. The smallest absolute Gasteiger partial charge is 0.497 e. The summed E-state index contributed by atoms with van der Waals surface area (Å²) in [6.45, 7) is -2.10. The van der Waals surface area contributed by atoms with Gasteiger partial charge in [-0.3, -0.25) is 0 Å². The Morgan fingerprint density at radius 1 is 1.25 bits per heavy atom. The average Bonchev–Trinajstić information content (AvgIpc) is 2.35. The zero-order chi connectivity index (χ0) is 15.4. The molecule has 0 N–H and O–H groups in total. The van der Waals surface area contributed by atoms with Gasteiger partial charge < -0.3 is 17.7 Å². The third kappa shape index (κ3) is 5.07. The zero-order valence-electron chi connectivity index (χ0n) is 11.4. The van der Waals surface area contributed by atoms with Crippen molar-refractivity contribution in [1.82, 2.24) is 0 Å². The van der Waals surface area contributed by atoms with E-state index in [2.05, 4.69) is 0 Å². The molecule has 0 spiro atoms. The third-order valence-electron chi connectivity index (χ3n) is 2.82. The van der Waals surface area contributed by atoms with Gasteiger partial charge in [-0.1, -0.05) is 30.1 Å². The Balaban J connectivity index is 2.69. The van der Waals surface area contributed by atoms with Gasteiger partial charge in [-0.15, -0.1) is 0 Å². The Hall–Kier alpha value is -1.18. The summed E-state index contributed by atoms with van der Waals surface area (Å²) >= 11 is 0. The van der Waals surface area contributed by atoms with Gasteiger partial charge >= 0.3 is 6.98 Å². The highest BCUT2D eigenvalue weighted by atomic mass is 32.2. The topological polar surface area (TPSA) is 43.4 Å². The minimum atomic E-state index is -5.15. The van der Waals surface area contributed by atoms with E-state index in [9.17, 15) is 21.4 Å². The lowest BCUT2D eigenvalue weighted by Crippen LogP contribution is -2.35. The molecule has 8 heteroatoms. The number of ether oxygens (including phenoxy) is 1. The van der Waals surface area contributed by atoms with Crippen molar-refractivity contribution in [2.45, 2.75) is 20.3 Å². The largest absolute Gasteiger partial charge is 0.513 e. The summed E-state index contributed by atoms with van der Waals surface area (Å²) in [6.07, 6.45) is 0.175. The number of benzene rings is 1. The molecule has 1 aromatic carbocycles. The Morgan fingerprint density at radius 2 is 1.90 bits per heavy atom. The predicted octanol–water partition coefficient (Wildman–Crippen LogP) is 2.25. The van der Waals surface area contributed by atoms with Gasteiger partial charge in [0.05, 0.1) is 18.1 Å². The van der Waals surface area contributed by atoms with Crippen molar-refractivity contribution >= 4 is 22.3 Å². The highest BCUT2D eigenvalue weighted by Crippen LogP contribution is 2.19. The van der Waals surface area contributed by atoms with Crippen molar-refractivity contribution in [3.05, 3.63) is 23.8 Å². The minimum absolute atomic E-state index is 0.0223. The first kappa shape index (κ1) is 16.9. The van der Waals surface area contributed by atoms with E-state index < -0.39 is 22.3 Å². The van der Waals surface area contributed by atoms with Crippen LogP contribution in [0.5, 0.6) is 5.75 Å². The Kier molecular flexibility index (Phi) is 5.50. The Labute approximate surface area is 117 Å². The number of hydrogen-bond donors (Lipinski definition) is 0. The second-order valence-electron chi connectivity index (χ2n) is 4.55. The first-order valence-electron chi connectivity index (χ1n) is 6.29. The van der Waals surface area contributed by atoms with Crippen molar-refractivity contribution in [3.8, 4) is 5.75 Å². The fraction of sp³-hybridized carbons (Fsp3) is 0.500. The molecule has 0 radical (unpaired) electrons. The Bertz CT molecular complexity index is 556. The van der Waals surface area contributed by atoms with E-state index in [4.69, 9.17) is 4.74 Å². The second kappa shape index (κ2) is 6.52. The molecule has 0 aromatic heterocycles. The summed E-state index contributed by atoms with van der Waals surface area (Å²) in [5, 5.41) is 0. The molecule has 0 aliphatic rings. The summed E-state index contributed by atoms with van der Waals surface area (Å²) in [5.74, 6) is -0.298. The van der Waals surface area contributed by atoms with E-state index in [-0.39, 0.29) is 30.3 Å². The molecule has 0 amide bonds. The van der Waals surface area contributed by atoms with Crippen LogP contribution in [0.25, 0.3) is 0 Å². The standard InChI is InChI=1S/C12H17BF3O3S/c1-3-20(17,18)8-4-7-19-12-6-5-10(2)9-11(12)13(14,15)16/h5-6,9H,3-4,7-8H2,1-2H3/q-1. The van der Waals surface area contributed by atoms with Gasteiger partial charge in [0, 0.05) is 5.75 Å². The van der Waals surface area contributed by atoms with Crippen molar-refractivity contribution < 1.29 is 26.1 Å². The molecule has 3 nitrogen and oxygen atoms in total. The lowest BCUT2D eigenvalue weighted by atomic mass is 9.78. The summed E-state index contributed by atoms with van der Waals surface area (Å²) in [4.78, 5) is 0. The molecule has 20 heavy (non-hydrogen) atoms. The van der Waals surface area contributed by atoms with Crippen LogP contribution < -0.4 is 10.2 Å².